The molecule has 0 saturated heterocycles. The van der Waals surface area contributed by atoms with E-state index in [4.69, 9.17) is 27.9 Å². The lowest BCUT2D eigenvalue weighted by Gasteiger charge is -2.19. The molecule has 206 valence electrons. The fraction of sp³-hybridized carbons (Fsp3) is 0.296. The highest BCUT2D eigenvalue weighted by atomic mass is 35.5. The highest BCUT2D eigenvalue weighted by Crippen LogP contribution is 2.29. The molecule has 2 aromatic heterocycles. The van der Waals surface area contributed by atoms with E-state index in [1.807, 2.05) is 28.3 Å². The summed E-state index contributed by atoms with van der Waals surface area (Å²) < 4.78 is 9.02. The number of nitrogens with zero attached hydrogens (tertiary/aromatic N) is 2. The Morgan fingerprint density at radius 2 is 1.59 bits per heavy atom. The van der Waals surface area contributed by atoms with E-state index in [0.717, 1.165) is 16.4 Å². The molecule has 39 heavy (non-hydrogen) atoms. The fourth-order valence-corrected chi connectivity index (χ4v) is 4.53. The van der Waals surface area contributed by atoms with E-state index in [0.29, 0.717) is 46.2 Å². The molecule has 0 fully saturated rings. The Balaban J connectivity index is 1.39. The summed E-state index contributed by atoms with van der Waals surface area (Å²) in [5.41, 5.74) is 6.83. The van der Waals surface area contributed by atoms with Crippen molar-refractivity contribution in [3.8, 4) is 0 Å². The smallest absolute Gasteiger partial charge is 0.407 e. The van der Waals surface area contributed by atoms with Crippen molar-refractivity contribution in [3.05, 3.63) is 64.4 Å². The third-order valence-electron chi connectivity index (χ3n) is 5.82. The van der Waals surface area contributed by atoms with Crippen LogP contribution in [0.1, 0.15) is 37.6 Å². The molecule has 0 bridgehead atoms. The summed E-state index contributed by atoms with van der Waals surface area (Å²) in [5, 5.41) is 7.92. The fourth-order valence-electron chi connectivity index (χ4n) is 4.19. The SMILES string of the molecule is Cn1cc(C(=O)NNC(=O)Nc2cn(CCCNC(=O)OC(C)(C)C)c3ccc(Cl)cc23)c2cc(Cl)ccc21. The highest BCUT2D eigenvalue weighted by Gasteiger charge is 2.17. The summed E-state index contributed by atoms with van der Waals surface area (Å²) >= 11 is 12.3. The molecule has 0 aliphatic carbocycles. The average molecular weight is 573 g/mol. The van der Waals surface area contributed by atoms with E-state index in [-0.39, 0.29) is 0 Å². The van der Waals surface area contributed by atoms with Gasteiger partial charge in [-0.3, -0.25) is 10.2 Å². The van der Waals surface area contributed by atoms with Crippen LogP contribution in [0.2, 0.25) is 10.0 Å². The molecule has 2 heterocycles. The van der Waals surface area contributed by atoms with Crippen LogP contribution in [0.25, 0.3) is 21.8 Å². The van der Waals surface area contributed by atoms with Gasteiger partial charge in [0, 0.05) is 58.9 Å². The Bertz CT molecular complexity index is 1550. The van der Waals surface area contributed by atoms with Crippen molar-refractivity contribution in [2.24, 2.45) is 7.05 Å². The summed E-state index contributed by atoms with van der Waals surface area (Å²) in [6.45, 7) is 6.40. The van der Waals surface area contributed by atoms with E-state index in [2.05, 4.69) is 21.5 Å². The topological polar surface area (TPSA) is 118 Å². The standard InChI is InChI=1S/C27H30Cl2N6O4/c1-27(2,3)39-26(38)30-10-5-11-35-15-21(19-13-17(29)7-9-23(19)35)31-25(37)33-32-24(36)20-14-34(4)22-8-6-16(28)12-18(20)22/h6-9,12-15H,5,10-11H2,1-4H3,(H,30,38)(H,32,36)(H2,31,33,37). The first-order chi connectivity index (χ1) is 18.4. The molecule has 0 spiro atoms. The molecule has 4 N–H and O–H groups in total. The minimum absolute atomic E-state index is 0.374. The number of hydrogen-bond acceptors (Lipinski definition) is 4. The number of amides is 4. The number of anilines is 1. The van der Waals surface area contributed by atoms with Gasteiger partial charge in [-0.25, -0.2) is 15.0 Å². The molecule has 0 atom stereocenters. The van der Waals surface area contributed by atoms with E-state index in [9.17, 15) is 14.4 Å². The van der Waals surface area contributed by atoms with Gasteiger partial charge < -0.3 is 24.5 Å². The van der Waals surface area contributed by atoms with Crippen molar-refractivity contribution in [1.82, 2.24) is 25.3 Å². The van der Waals surface area contributed by atoms with Gasteiger partial charge in [-0.15, -0.1) is 0 Å². The number of benzene rings is 2. The average Bonchev–Trinajstić information content (AvgIpc) is 3.35. The van der Waals surface area contributed by atoms with Crippen LogP contribution in [0.15, 0.2) is 48.8 Å². The Morgan fingerprint density at radius 3 is 2.28 bits per heavy atom. The van der Waals surface area contributed by atoms with E-state index in [1.165, 1.54) is 0 Å². The molecule has 0 radical (unpaired) electrons. The number of hydrazine groups is 1. The first-order valence-corrected chi connectivity index (χ1v) is 13.0. The van der Waals surface area contributed by atoms with Crippen molar-refractivity contribution in [2.75, 3.05) is 11.9 Å². The number of rotatable bonds is 6. The van der Waals surface area contributed by atoms with Crippen LogP contribution in [0, 0.1) is 0 Å². The quantitative estimate of drug-likeness (QED) is 0.172. The number of aryl methyl sites for hydroxylation is 2. The van der Waals surface area contributed by atoms with Crippen LogP contribution in [0.3, 0.4) is 0 Å². The van der Waals surface area contributed by atoms with Gasteiger partial charge in [-0.05, 0) is 63.6 Å². The summed E-state index contributed by atoms with van der Waals surface area (Å²) in [5.74, 6) is -0.485. The number of carbonyl (C=O) groups excluding carboxylic acids is 3. The van der Waals surface area contributed by atoms with E-state index < -0.39 is 23.6 Å². The summed E-state index contributed by atoms with van der Waals surface area (Å²) in [6, 6.07) is 10.0. The van der Waals surface area contributed by atoms with Gasteiger partial charge in [-0.1, -0.05) is 23.2 Å². The zero-order valence-corrected chi connectivity index (χ0v) is 23.5. The number of halogens is 2. The Morgan fingerprint density at radius 1 is 0.923 bits per heavy atom. The van der Waals surface area contributed by atoms with E-state index in [1.54, 1.807) is 57.4 Å². The first kappa shape index (κ1) is 28.1. The van der Waals surface area contributed by atoms with Gasteiger partial charge in [-0.2, -0.15) is 0 Å². The molecule has 12 heteroatoms. The number of hydrogen-bond donors (Lipinski definition) is 4. The number of carbonyl (C=O) groups is 3. The van der Waals surface area contributed by atoms with Gasteiger partial charge in [0.2, 0.25) is 0 Å². The lowest BCUT2D eigenvalue weighted by molar-refractivity contribution is 0.0526. The number of fused-ring (bicyclic) bond motifs is 2. The van der Waals surface area contributed by atoms with Gasteiger partial charge in [0.25, 0.3) is 5.91 Å². The van der Waals surface area contributed by atoms with Crippen LogP contribution in [-0.2, 0) is 18.3 Å². The highest BCUT2D eigenvalue weighted by molar-refractivity contribution is 6.32. The monoisotopic (exact) mass is 572 g/mol. The Labute approximate surface area is 235 Å². The maximum atomic E-state index is 12.8. The van der Waals surface area contributed by atoms with Crippen molar-refractivity contribution < 1.29 is 19.1 Å². The van der Waals surface area contributed by atoms with Crippen molar-refractivity contribution in [2.45, 2.75) is 39.3 Å². The second-order valence-corrected chi connectivity index (χ2v) is 10.9. The number of urea groups is 1. The Hall–Kier alpha value is -3.89. The molecule has 2 aromatic carbocycles. The number of ether oxygens (including phenoxy) is 1. The minimum atomic E-state index is -0.632. The predicted octanol–water partition coefficient (Wildman–Crippen LogP) is 5.82. The summed E-state index contributed by atoms with van der Waals surface area (Å²) in [4.78, 5) is 37.4. The third kappa shape index (κ3) is 6.96. The van der Waals surface area contributed by atoms with Crippen LogP contribution in [0.5, 0.6) is 0 Å². The van der Waals surface area contributed by atoms with Crippen LogP contribution in [0.4, 0.5) is 15.3 Å². The molecule has 10 nitrogen and oxygen atoms in total. The largest absolute Gasteiger partial charge is 0.444 e. The van der Waals surface area contributed by atoms with Gasteiger partial charge in [0.1, 0.15) is 5.60 Å². The minimum Gasteiger partial charge on any atom is -0.444 e. The summed E-state index contributed by atoms with van der Waals surface area (Å²) in [7, 11) is 1.82. The number of nitrogens with one attached hydrogen (secondary N) is 4. The second kappa shape index (κ2) is 11.5. The molecule has 4 rings (SSSR count). The molecular formula is C27H30Cl2N6O4. The maximum Gasteiger partial charge on any atom is 0.407 e. The van der Waals surface area contributed by atoms with Crippen molar-refractivity contribution in [3.63, 3.8) is 0 Å². The Kier molecular flexibility index (Phi) is 8.27. The third-order valence-corrected chi connectivity index (χ3v) is 6.29. The molecule has 0 unspecified atom stereocenters. The van der Waals surface area contributed by atoms with Gasteiger partial charge in [0.15, 0.2) is 0 Å². The normalized spacial score (nSPS) is 11.4. The number of alkyl carbamates (subject to hydrolysis) is 1. The second-order valence-electron chi connectivity index (χ2n) is 10.0. The van der Waals surface area contributed by atoms with Gasteiger partial charge in [0.05, 0.1) is 16.8 Å². The molecule has 0 saturated carbocycles. The predicted molar refractivity (Wildman–Crippen MR) is 153 cm³/mol. The molecule has 4 aromatic rings. The molecule has 0 aliphatic heterocycles. The molecule has 4 amide bonds. The summed E-state index contributed by atoms with van der Waals surface area (Å²) in [6.07, 6.45) is 3.60. The molecular weight excluding hydrogens is 543 g/mol. The lowest BCUT2D eigenvalue weighted by Crippen LogP contribution is -2.43. The number of aromatic nitrogens is 2. The van der Waals surface area contributed by atoms with Crippen molar-refractivity contribution >= 4 is 68.7 Å². The van der Waals surface area contributed by atoms with Crippen LogP contribution in [-0.4, -0.2) is 39.3 Å². The zero-order chi connectivity index (χ0) is 28.3. The first-order valence-electron chi connectivity index (χ1n) is 12.3. The van der Waals surface area contributed by atoms with Crippen molar-refractivity contribution in [1.29, 1.82) is 0 Å². The molecule has 0 aliphatic rings. The van der Waals surface area contributed by atoms with Gasteiger partial charge >= 0.3 is 12.1 Å². The lowest BCUT2D eigenvalue weighted by atomic mass is 10.2. The van der Waals surface area contributed by atoms with Crippen LogP contribution >= 0.6 is 23.2 Å². The van der Waals surface area contributed by atoms with Crippen LogP contribution < -0.4 is 21.5 Å². The zero-order valence-electron chi connectivity index (χ0n) is 22.0. The maximum absolute atomic E-state index is 12.8. The van der Waals surface area contributed by atoms with E-state index >= 15 is 0 Å².